The van der Waals surface area contributed by atoms with E-state index in [2.05, 4.69) is 15.0 Å². The fraction of sp³-hybridized carbons (Fsp3) is 0. The summed E-state index contributed by atoms with van der Waals surface area (Å²) < 4.78 is 0. The standard InChI is InChI=1S/C15H10ClN3/c16-12-8-14(11-4-3-6-17-10-11)19-15(9-12)13-5-1-2-7-18-13/h1-10H. The molecule has 0 amide bonds. The van der Waals surface area contributed by atoms with Crippen molar-refractivity contribution in [3.05, 3.63) is 66.1 Å². The van der Waals surface area contributed by atoms with Crippen LogP contribution in [0.5, 0.6) is 0 Å². The van der Waals surface area contributed by atoms with E-state index < -0.39 is 0 Å². The molecule has 0 aliphatic heterocycles. The van der Waals surface area contributed by atoms with Crippen molar-refractivity contribution in [2.75, 3.05) is 0 Å². The van der Waals surface area contributed by atoms with Gasteiger partial charge in [-0.15, -0.1) is 0 Å². The Bertz CT molecular complexity index is 627. The predicted molar refractivity (Wildman–Crippen MR) is 75.7 cm³/mol. The van der Waals surface area contributed by atoms with E-state index in [1.807, 2.05) is 42.5 Å². The first-order valence-electron chi connectivity index (χ1n) is 5.82. The number of hydrogen-bond donors (Lipinski definition) is 0. The van der Waals surface area contributed by atoms with Crippen LogP contribution in [-0.4, -0.2) is 15.0 Å². The van der Waals surface area contributed by atoms with Crippen molar-refractivity contribution in [2.24, 2.45) is 0 Å². The van der Waals surface area contributed by atoms with Crippen LogP contribution < -0.4 is 0 Å². The minimum Gasteiger partial charge on any atom is -0.264 e. The van der Waals surface area contributed by atoms with E-state index >= 15 is 0 Å². The topological polar surface area (TPSA) is 38.7 Å². The Morgan fingerprint density at radius 3 is 2.47 bits per heavy atom. The highest BCUT2D eigenvalue weighted by molar-refractivity contribution is 6.31. The Kier molecular flexibility index (Phi) is 3.21. The van der Waals surface area contributed by atoms with Crippen molar-refractivity contribution in [3.63, 3.8) is 0 Å². The quantitative estimate of drug-likeness (QED) is 0.708. The maximum Gasteiger partial charge on any atom is 0.0908 e. The summed E-state index contributed by atoms with van der Waals surface area (Å²) in [7, 11) is 0. The molecule has 3 rings (SSSR count). The van der Waals surface area contributed by atoms with E-state index in [4.69, 9.17) is 11.6 Å². The Morgan fingerprint density at radius 1 is 0.842 bits per heavy atom. The zero-order valence-corrected chi connectivity index (χ0v) is 10.7. The van der Waals surface area contributed by atoms with Crippen LogP contribution in [0.4, 0.5) is 0 Å². The number of rotatable bonds is 2. The van der Waals surface area contributed by atoms with Crippen LogP contribution in [0.25, 0.3) is 22.6 Å². The lowest BCUT2D eigenvalue weighted by Crippen LogP contribution is -1.90. The first kappa shape index (κ1) is 11.8. The molecule has 92 valence electrons. The molecule has 0 N–H and O–H groups in total. The Hall–Kier alpha value is -2.26. The first-order chi connectivity index (χ1) is 9.33. The zero-order chi connectivity index (χ0) is 13.1. The molecule has 0 atom stereocenters. The Morgan fingerprint density at radius 2 is 1.74 bits per heavy atom. The van der Waals surface area contributed by atoms with Crippen LogP contribution in [0.2, 0.25) is 5.02 Å². The molecule has 0 radical (unpaired) electrons. The monoisotopic (exact) mass is 267 g/mol. The number of halogens is 1. The molecule has 0 saturated carbocycles. The van der Waals surface area contributed by atoms with Crippen molar-refractivity contribution in [1.82, 2.24) is 15.0 Å². The van der Waals surface area contributed by atoms with E-state index in [0.717, 1.165) is 22.6 Å². The second kappa shape index (κ2) is 5.16. The number of pyridine rings is 3. The lowest BCUT2D eigenvalue weighted by Gasteiger charge is -2.05. The second-order valence-corrected chi connectivity index (χ2v) is 4.45. The van der Waals surface area contributed by atoms with E-state index in [0.29, 0.717) is 5.02 Å². The molecule has 4 heteroatoms. The highest BCUT2D eigenvalue weighted by Crippen LogP contribution is 2.25. The van der Waals surface area contributed by atoms with Gasteiger partial charge in [-0.1, -0.05) is 17.7 Å². The minimum atomic E-state index is 0.634. The van der Waals surface area contributed by atoms with Gasteiger partial charge in [-0.3, -0.25) is 9.97 Å². The number of hydrogen-bond acceptors (Lipinski definition) is 3. The molecule has 0 fully saturated rings. The van der Waals surface area contributed by atoms with Crippen molar-refractivity contribution in [3.8, 4) is 22.6 Å². The van der Waals surface area contributed by atoms with Gasteiger partial charge in [-0.25, -0.2) is 4.98 Å². The second-order valence-electron chi connectivity index (χ2n) is 4.01. The summed E-state index contributed by atoms with van der Waals surface area (Å²) in [6, 6.07) is 13.2. The van der Waals surface area contributed by atoms with E-state index in [1.165, 1.54) is 0 Å². The molecule has 0 aromatic carbocycles. The van der Waals surface area contributed by atoms with Crippen LogP contribution >= 0.6 is 11.6 Å². The smallest absolute Gasteiger partial charge is 0.0908 e. The molecule has 3 nitrogen and oxygen atoms in total. The number of aromatic nitrogens is 3. The molecular formula is C15H10ClN3. The van der Waals surface area contributed by atoms with Gasteiger partial charge in [0.25, 0.3) is 0 Å². The molecule has 0 bridgehead atoms. The van der Waals surface area contributed by atoms with Crippen molar-refractivity contribution >= 4 is 11.6 Å². The molecule has 3 heterocycles. The summed E-state index contributed by atoms with van der Waals surface area (Å²) >= 11 is 6.16. The van der Waals surface area contributed by atoms with Crippen LogP contribution in [0, 0.1) is 0 Å². The molecule has 0 saturated heterocycles. The van der Waals surface area contributed by atoms with Crippen LogP contribution in [0.15, 0.2) is 61.1 Å². The van der Waals surface area contributed by atoms with Gasteiger partial charge in [-0.2, -0.15) is 0 Å². The van der Waals surface area contributed by atoms with Crippen LogP contribution in [0.3, 0.4) is 0 Å². The zero-order valence-electron chi connectivity index (χ0n) is 9.99. The van der Waals surface area contributed by atoms with Gasteiger partial charge in [0.1, 0.15) is 0 Å². The summed E-state index contributed by atoms with van der Waals surface area (Å²) in [4.78, 5) is 13.0. The van der Waals surface area contributed by atoms with E-state index in [-0.39, 0.29) is 0 Å². The van der Waals surface area contributed by atoms with Gasteiger partial charge in [-0.05, 0) is 36.4 Å². The molecule has 0 unspecified atom stereocenters. The first-order valence-corrected chi connectivity index (χ1v) is 6.20. The number of nitrogens with zero attached hydrogens (tertiary/aromatic N) is 3. The molecule has 0 spiro atoms. The molecular weight excluding hydrogens is 258 g/mol. The summed E-state index contributed by atoms with van der Waals surface area (Å²) in [5.41, 5.74) is 3.28. The normalized spacial score (nSPS) is 10.4. The molecule has 3 aromatic rings. The van der Waals surface area contributed by atoms with Crippen molar-refractivity contribution in [2.45, 2.75) is 0 Å². The molecule has 0 aliphatic rings. The lowest BCUT2D eigenvalue weighted by molar-refractivity contribution is 1.24. The van der Waals surface area contributed by atoms with Crippen LogP contribution in [0.1, 0.15) is 0 Å². The highest BCUT2D eigenvalue weighted by atomic mass is 35.5. The molecule has 0 aliphatic carbocycles. The van der Waals surface area contributed by atoms with Crippen LogP contribution in [-0.2, 0) is 0 Å². The van der Waals surface area contributed by atoms with Crippen molar-refractivity contribution in [1.29, 1.82) is 0 Å². The predicted octanol–water partition coefficient (Wildman–Crippen LogP) is 3.86. The van der Waals surface area contributed by atoms with Gasteiger partial charge < -0.3 is 0 Å². The molecule has 3 aromatic heterocycles. The molecule has 19 heavy (non-hydrogen) atoms. The maximum atomic E-state index is 6.16. The SMILES string of the molecule is Clc1cc(-c2cccnc2)nc(-c2ccccn2)c1. The highest BCUT2D eigenvalue weighted by Gasteiger charge is 2.06. The Labute approximate surface area is 116 Å². The fourth-order valence-corrected chi connectivity index (χ4v) is 2.01. The Balaban J connectivity index is 2.12. The minimum absolute atomic E-state index is 0.634. The van der Waals surface area contributed by atoms with Crippen molar-refractivity contribution < 1.29 is 0 Å². The third-order valence-electron chi connectivity index (χ3n) is 2.67. The van der Waals surface area contributed by atoms with Gasteiger partial charge in [0.2, 0.25) is 0 Å². The van der Waals surface area contributed by atoms with E-state index in [1.54, 1.807) is 18.6 Å². The summed E-state index contributed by atoms with van der Waals surface area (Å²) in [5.74, 6) is 0. The average Bonchev–Trinajstić information content (AvgIpc) is 2.48. The van der Waals surface area contributed by atoms with Gasteiger partial charge in [0.15, 0.2) is 0 Å². The lowest BCUT2D eigenvalue weighted by atomic mass is 10.1. The maximum absolute atomic E-state index is 6.16. The summed E-state index contributed by atoms with van der Waals surface area (Å²) in [5, 5.41) is 0.634. The fourth-order valence-electron chi connectivity index (χ4n) is 1.80. The summed E-state index contributed by atoms with van der Waals surface area (Å²) in [6.07, 6.45) is 5.23. The van der Waals surface area contributed by atoms with Gasteiger partial charge in [0.05, 0.1) is 17.1 Å². The average molecular weight is 268 g/mol. The van der Waals surface area contributed by atoms with Gasteiger partial charge >= 0.3 is 0 Å². The van der Waals surface area contributed by atoms with Gasteiger partial charge in [0, 0.05) is 29.2 Å². The van der Waals surface area contributed by atoms with E-state index in [9.17, 15) is 0 Å². The largest absolute Gasteiger partial charge is 0.264 e. The summed E-state index contributed by atoms with van der Waals surface area (Å²) in [6.45, 7) is 0. The third-order valence-corrected chi connectivity index (χ3v) is 2.89. The third kappa shape index (κ3) is 2.61.